The topological polar surface area (TPSA) is 307 Å². The number of rotatable bonds is 76. The predicted octanol–water partition coefficient (Wildman–Crippen LogP) is 17.5. The van der Waals surface area contributed by atoms with Crippen LogP contribution in [0.15, 0.2) is 12.2 Å². The number of unbranched alkanes of at least 4 members (excludes halogenated alkanes) is 58. The molecule has 0 aliphatic carbocycles. The van der Waals surface area contributed by atoms with E-state index >= 15 is 0 Å². The molecule has 3 saturated heterocycles. The summed E-state index contributed by atoms with van der Waals surface area (Å²) in [6.45, 7) is 1.88. The van der Waals surface area contributed by atoms with Gasteiger partial charge in [-0.3, -0.25) is 4.79 Å². The van der Waals surface area contributed by atoms with Crippen LogP contribution in [0.5, 0.6) is 0 Å². The second kappa shape index (κ2) is 69.8. The smallest absolute Gasteiger partial charge is 0.220 e. The van der Waals surface area contributed by atoms with Crippen molar-refractivity contribution < 1.29 is 89.4 Å². The average Bonchev–Trinajstić information content (AvgIpc) is 0.775. The molecule has 3 rings (SSSR count). The highest BCUT2D eigenvalue weighted by Crippen LogP contribution is 2.34. The summed E-state index contributed by atoms with van der Waals surface area (Å²) in [5.74, 6) is -0.232. The van der Waals surface area contributed by atoms with Crippen molar-refractivity contribution in [1.82, 2.24) is 5.32 Å². The summed E-state index contributed by atoms with van der Waals surface area (Å²) in [6.07, 6.45) is 59.1. The zero-order chi connectivity index (χ0) is 78.1. The molecule has 3 aliphatic heterocycles. The Morgan fingerprint density at radius 3 is 0.898 bits per heavy atom. The molecule has 17 unspecified atom stereocenters. The number of aliphatic hydroxyl groups is 11. The second-order valence-electron chi connectivity index (χ2n) is 33.1. The molecule has 0 bridgehead atoms. The molecule has 3 aliphatic rings. The zero-order valence-corrected chi connectivity index (χ0v) is 69.1. The van der Waals surface area contributed by atoms with Crippen LogP contribution >= 0.6 is 0 Å². The molecule has 0 aromatic heterocycles. The molecule has 0 aromatic rings. The zero-order valence-electron chi connectivity index (χ0n) is 69.1. The van der Waals surface area contributed by atoms with Crippen molar-refractivity contribution in [1.29, 1.82) is 0 Å². The molecule has 19 nitrogen and oxygen atoms in total. The first-order valence-corrected chi connectivity index (χ1v) is 45.9. The van der Waals surface area contributed by atoms with Crippen LogP contribution in [0.25, 0.3) is 0 Å². The summed E-state index contributed by atoms with van der Waals surface area (Å²) < 4.78 is 34.6. The first-order valence-electron chi connectivity index (χ1n) is 45.9. The molecular formula is C89H171NO18. The van der Waals surface area contributed by atoms with Gasteiger partial charge in [0.25, 0.3) is 0 Å². The van der Waals surface area contributed by atoms with Gasteiger partial charge in [0.05, 0.1) is 38.6 Å². The highest BCUT2D eigenvalue weighted by molar-refractivity contribution is 5.76. The van der Waals surface area contributed by atoms with Gasteiger partial charge in [0.2, 0.25) is 5.91 Å². The van der Waals surface area contributed by atoms with Gasteiger partial charge >= 0.3 is 0 Å². The minimum Gasteiger partial charge on any atom is -0.394 e. The van der Waals surface area contributed by atoms with E-state index in [9.17, 15) is 61.0 Å². The van der Waals surface area contributed by atoms with Gasteiger partial charge in [0.15, 0.2) is 18.9 Å². The van der Waals surface area contributed by atoms with Crippen molar-refractivity contribution in [3.05, 3.63) is 12.2 Å². The van der Waals surface area contributed by atoms with E-state index in [1.54, 1.807) is 0 Å². The van der Waals surface area contributed by atoms with Crippen LogP contribution in [0, 0.1) is 0 Å². The van der Waals surface area contributed by atoms with Gasteiger partial charge in [0, 0.05) is 6.42 Å². The van der Waals surface area contributed by atoms with E-state index in [1.807, 2.05) is 0 Å². The molecule has 17 atom stereocenters. The Balaban J connectivity index is 1.29. The van der Waals surface area contributed by atoms with Gasteiger partial charge < -0.3 is 89.9 Å². The van der Waals surface area contributed by atoms with E-state index in [1.165, 1.54) is 340 Å². The third-order valence-corrected chi connectivity index (χ3v) is 23.3. The van der Waals surface area contributed by atoms with Crippen molar-refractivity contribution in [2.24, 2.45) is 0 Å². The lowest BCUT2D eigenvalue weighted by molar-refractivity contribution is -0.379. The van der Waals surface area contributed by atoms with Crippen LogP contribution in [0.2, 0.25) is 0 Å². The highest BCUT2D eigenvalue weighted by Gasteiger charge is 2.54. The number of ether oxygens (including phenoxy) is 6. The van der Waals surface area contributed by atoms with E-state index in [0.717, 1.165) is 44.9 Å². The van der Waals surface area contributed by atoms with Crippen LogP contribution < -0.4 is 5.32 Å². The molecule has 19 heteroatoms. The maximum absolute atomic E-state index is 13.5. The van der Waals surface area contributed by atoms with Crippen molar-refractivity contribution in [2.45, 2.75) is 523 Å². The number of carbonyl (C=O) groups is 1. The Bertz CT molecular complexity index is 1990. The van der Waals surface area contributed by atoms with Crippen molar-refractivity contribution >= 4 is 5.91 Å². The van der Waals surface area contributed by atoms with Gasteiger partial charge in [0.1, 0.15) is 73.2 Å². The van der Waals surface area contributed by atoms with Gasteiger partial charge in [-0.2, -0.15) is 0 Å². The fraction of sp³-hybridized carbons (Fsp3) is 0.966. The van der Waals surface area contributed by atoms with Crippen LogP contribution in [-0.4, -0.2) is 193 Å². The lowest BCUT2D eigenvalue weighted by atomic mass is 9.96. The molecule has 640 valence electrons. The summed E-state index contributed by atoms with van der Waals surface area (Å²) in [4.78, 5) is 13.5. The van der Waals surface area contributed by atoms with Crippen LogP contribution in [0.4, 0.5) is 0 Å². The number of hydrogen-bond donors (Lipinski definition) is 12. The number of nitrogens with one attached hydrogen (secondary N) is 1. The van der Waals surface area contributed by atoms with Gasteiger partial charge in [-0.05, 0) is 38.5 Å². The lowest BCUT2D eigenvalue weighted by Crippen LogP contribution is -2.66. The van der Waals surface area contributed by atoms with Gasteiger partial charge in [-0.25, -0.2) is 0 Å². The van der Waals surface area contributed by atoms with Crippen molar-refractivity contribution in [2.75, 3.05) is 26.4 Å². The number of aliphatic hydroxyl groups excluding tert-OH is 11. The number of carbonyl (C=O) groups excluding carboxylic acids is 1. The maximum Gasteiger partial charge on any atom is 0.220 e. The molecule has 108 heavy (non-hydrogen) atoms. The molecule has 0 aromatic carbocycles. The quantitative estimate of drug-likeness (QED) is 0.0199. The monoisotopic (exact) mass is 1540 g/mol. The largest absolute Gasteiger partial charge is 0.394 e. The van der Waals surface area contributed by atoms with Crippen molar-refractivity contribution in [3.8, 4) is 0 Å². The predicted molar refractivity (Wildman–Crippen MR) is 434 cm³/mol. The molecule has 12 N–H and O–H groups in total. The molecule has 0 saturated carbocycles. The van der Waals surface area contributed by atoms with E-state index in [2.05, 4.69) is 31.3 Å². The molecule has 3 fully saturated rings. The number of hydrogen-bond acceptors (Lipinski definition) is 18. The molecule has 1 amide bonds. The maximum atomic E-state index is 13.5. The van der Waals surface area contributed by atoms with E-state index < -0.39 is 124 Å². The standard InChI is InChI=1S/C89H171NO18/c1-3-5-7-9-11-13-15-17-19-21-23-25-27-29-30-31-32-33-34-35-36-37-38-39-40-41-42-43-45-47-49-51-53-55-57-59-61-63-65-67-77(95)90-72(73(94)66-64-62-60-58-56-54-52-50-48-46-44-28-26-24-22-20-18-16-14-12-10-8-6-4-2)71-103-87-83(101)80(98)85(75(69-92)105-87)108-89-84(102)81(99)86(76(70-93)106-89)107-88-82(100)79(97)78(96)74(68-91)104-88/h21,23,72-76,78-89,91-94,96-102H,3-20,22,24-71H2,1-2H3,(H,90,95)/b23-21-. The first kappa shape index (κ1) is 101. The van der Waals surface area contributed by atoms with E-state index in [4.69, 9.17) is 28.4 Å². The Morgan fingerprint density at radius 2 is 0.583 bits per heavy atom. The minimum absolute atomic E-state index is 0.232. The summed E-state index contributed by atoms with van der Waals surface area (Å²) in [6, 6.07) is -0.885. The summed E-state index contributed by atoms with van der Waals surface area (Å²) >= 11 is 0. The molecule has 0 radical (unpaired) electrons. The number of allylic oxidation sites excluding steroid dienone is 2. The summed E-state index contributed by atoms with van der Waals surface area (Å²) in [7, 11) is 0. The lowest BCUT2D eigenvalue weighted by Gasteiger charge is -2.48. The first-order chi connectivity index (χ1) is 52.8. The fourth-order valence-electron chi connectivity index (χ4n) is 16.0. The van der Waals surface area contributed by atoms with Gasteiger partial charge in [-0.15, -0.1) is 0 Å². The Morgan fingerprint density at radius 1 is 0.324 bits per heavy atom. The second-order valence-corrected chi connectivity index (χ2v) is 33.1. The Labute approximate surface area is 658 Å². The summed E-state index contributed by atoms with van der Waals surface area (Å²) in [5, 5.41) is 121. The van der Waals surface area contributed by atoms with E-state index in [0.29, 0.717) is 12.8 Å². The fourth-order valence-corrected chi connectivity index (χ4v) is 16.0. The van der Waals surface area contributed by atoms with Crippen LogP contribution in [-0.2, 0) is 33.2 Å². The van der Waals surface area contributed by atoms with Crippen LogP contribution in [0.3, 0.4) is 0 Å². The van der Waals surface area contributed by atoms with E-state index in [-0.39, 0.29) is 18.9 Å². The Hall–Kier alpha value is -1.47. The third-order valence-electron chi connectivity index (χ3n) is 23.3. The van der Waals surface area contributed by atoms with Crippen molar-refractivity contribution in [3.63, 3.8) is 0 Å². The molecule has 0 spiro atoms. The normalized spacial score (nSPS) is 25.4. The SMILES string of the molecule is CCCCCCCCCC/C=C\CCCCCCCCCCCCCCCCCCCCCCCCCCCCCC(=O)NC(COC1OC(CO)C(OC2OC(CO)C(OC3OC(CO)C(O)C(O)C3O)C(O)C2O)C(O)C1O)C(O)CCCCCCCCCCCCCCCCCCCCCCCCCC. The molecule has 3 heterocycles. The summed E-state index contributed by atoms with van der Waals surface area (Å²) in [5.41, 5.74) is 0. The number of amides is 1. The van der Waals surface area contributed by atoms with Gasteiger partial charge in [-0.1, -0.05) is 386 Å². The van der Waals surface area contributed by atoms with Crippen LogP contribution in [0.1, 0.15) is 418 Å². The minimum atomic E-state index is -1.97. The Kier molecular flexibility index (Phi) is 65.1. The highest BCUT2D eigenvalue weighted by atomic mass is 16.8. The molecular weight excluding hydrogens is 1370 g/mol. The third kappa shape index (κ3) is 48.2. The average molecular weight is 1540 g/mol.